The van der Waals surface area contributed by atoms with E-state index in [-0.39, 0.29) is 17.7 Å². The first-order valence-electron chi connectivity index (χ1n) is 8.85. The Bertz CT molecular complexity index is 944. The molecule has 2 aliphatic rings. The van der Waals surface area contributed by atoms with Crippen LogP contribution >= 0.6 is 11.8 Å². The van der Waals surface area contributed by atoms with Crippen molar-refractivity contribution in [2.24, 2.45) is 0 Å². The van der Waals surface area contributed by atoms with Gasteiger partial charge in [0, 0.05) is 12.7 Å². The van der Waals surface area contributed by atoms with Crippen molar-refractivity contribution >= 4 is 41.5 Å². The number of benzene rings is 1. The number of nitrogens with one attached hydrogen (secondary N) is 1. The highest BCUT2D eigenvalue weighted by Gasteiger charge is 2.52. The van der Waals surface area contributed by atoms with Crippen molar-refractivity contribution in [3.63, 3.8) is 0 Å². The molecule has 0 aromatic heterocycles. The van der Waals surface area contributed by atoms with Gasteiger partial charge in [0.05, 0.1) is 12.0 Å². The predicted octanol–water partition coefficient (Wildman–Crippen LogP) is 0.275. The van der Waals surface area contributed by atoms with Gasteiger partial charge in [-0.1, -0.05) is 18.2 Å². The first-order valence-corrected chi connectivity index (χ1v) is 9.90. The van der Waals surface area contributed by atoms with Gasteiger partial charge in [0.1, 0.15) is 17.1 Å². The van der Waals surface area contributed by atoms with E-state index < -0.39 is 47.9 Å². The Labute approximate surface area is 175 Å². The van der Waals surface area contributed by atoms with E-state index in [1.165, 1.54) is 30.8 Å². The van der Waals surface area contributed by atoms with Crippen LogP contribution in [-0.2, 0) is 35.1 Å². The molecule has 2 N–H and O–H groups in total. The third-order valence-electron chi connectivity index (χ3n) is 4.42. The average Bonchev–Trinajstić information content (AvgIpc) is 2.71. The van der Waals surface area contributed by atoms with E-state index in [0.29, 0.717) is 11.3 Å². The third kappa shape index (κ3) is 4.46. The molecule has 0 radical (unpaired) electrons. The fraction of sp³-hybridized carbons (Fsp3) is 0.316. The monoisotopic (exact) mass is 434 g/mol. The molecule has 11 heteroatoms. The number of amides is 2. The highest BCUT2D eigenvalue weighted by molar-refractivity contribution is 8.00. The summed E-state index contributed by atoms with van der Waals surface area (Å²) >= 11 is 1.35. The molecule has 0 aliphatic carbocycles. The molecule has 2 amide bonds. The lowest BCUT2D eigenvalue weighted by Gasteiger charge is -2.48. The minimum Gasteiger partial charge on any atom is -0.477 e. The van der Waals surface area contributed by atoms with Crippen LogP contribution in [0.4, 0.5) is 0 Å². The maximum atomic E-state index is 12.5. The third-order valence-corrected chi connectivity index (χ3v) is 5.61. The van der Waals surface area contributed by atoms with Crippen LogP contribution in [0.3, 0.4) is 0 Å². The number of nitrogens with zero attached hydrogens (tertiary/aromatic N) is 1. The van der Waals surface area contributed by atoms with Crippen LogP contribution in [-0.4, -0.2) is 63.7 Å². The molecule has 0 saturated carbocycles. The lowest BCUT2D eigenvalue weighted by atomic mass is 10.0. The second kappa shape index (κ2) is 8.99. The number of carbonyl (C=O) groups is 5. The van der Waals surface area contributed by atoms with Crippen molar-refractivity contribution in [3.05, 3.63) is 47.2 Å². The number of β-lactam (4-membered cyclic amide) rings is 1. The summed E-state index contributed by atoms with van der Waals surface area (Å²) in [6.07, 6.45) is 1.26. The molecule has 30 heavy (non-hydrogen) atoms. The molecule has 3 rings (SSSR count). The smallest absolute Gasteiger partial charge is 0.352 e. The molecule has 10 nitrogen and oxygen atoms in total. The molecule has 1 saturated heterocycles. The zero-order valence-corrected chi connectivity index (χ0v) is 16.6. The van der Waals surface area contributed by atoms with Gasteiger partial charge in [-0.05, 0) is 17.7 Å². The summed E-state index contributed by atoms with van der Waals surface area (Å²) in [5, 5.41) is 11.3. The van der Waals surface area contributed by atoms with Crippen LogP contribution in [0.15, 0.2) is 36.0 Å². The van der Waals surface area contributed by atoms with Gasteiger partial charge in [-0.25, -0.2) is 9.59 Å². The Balaban J connectivity index is 1.62. The number of esters is 2. The lowest BCUT2D eigenvalue weighted by Crippen LogP contribution is -2.70. The second-order valence-electron chi connectivity index (χ2n) is 6.39. The number of carboxylic acid groups (broad SMARTS) is 1. The molecule has 0 bridgehead atoms. The molecule has 158 valence electrons. The van der Waals surface area contributed by atoms with E-state index in [1.807, 2.05) is 0 Å². The standard InChI is InChI=1S/C19H18N2O8S/c1-10(22)28-9-29-19(27)12-5-3-2-4-11(12)8-14(23)20-15-16(24)21-13(18(25)26)6-7-30-17(15)21/h2-6,15,17H,7-9H2,1H3,(H,20,23)(H,25,26)/t15?,17-/m1/s1. The summed E-state index contributed by atoms with van der Waals surface area (Å²) in [6, 6.07) is 5.43. The van der Waals surface area contributed by atoms with Gasteiger partial charge < -0.3 is 19.9 Å². The number of thioether (sulfide) groups is 1. The number of carboxylic acids is 1. The minimum absolute atomic E-state index is 0.0879. The molecule has 0 spiro atoms. The van der Waals surface area contributed by atoms with Gasteiger partial charge >= 0.3 is 17.9 Å². The summed E-state index contributed by atoms with van der Waals surface area (Å²) in [6.45, 7) is 0.633. The van der Waals surface area contributed by atoms with Crippen molar-refractivity contribution in [2.75, 3.05) is 12.5 Å². The van der Waals surface area contributed by atoms with Crippen molar-refractivity contribution < 1.29 is 38.6 Å². The average molecular weight is 434 g/mol. The second-order valence-corrected chi connectivity index (χ2v) is 7.54. The Hall–Kier alpha value is -3.34. The van der Waals surface area contributed by atoms with Gasteiger partial charge in [-0.15, -0.1) is 11.8 Å². The molecule has 2 atom stereocenters. The maximum absolute atomic E-state index is 12.5. The lowest BCUT2D eigenvalue weighted by molar-refractivity contribution is -0.150. The number of aliphatic carboxylic acids is 1. The first-order chi connectivity index (χ1) is 14.3. The van der Waals surface area contributed by atoms with E-state index in [4.69, 9.17) is 4.74 Å². The van der Waals surface area contributed by atoms with E-state index in [2.05, 4.69) is 10.1 Å². The Morgan fingerprint density at radius 1 is 1.23 bits per heavy atom. The maximum Gasteiger partial charge on any atom is 0.352 e. The zero-order chi connectivity index (χ0) is 21.8. The molecule has 2 aliphatic heterocycles. The molecular weight excluding hydrogens is 416 g/mol. The van der Waals surface area contributed by atoms with Crippen molar-refractivity contribution in [1.82, 2.24) is 10.2 Å². The van der Waals surface area contributed by atoms with E-state index >= 15 is 0 Å². The van der Waals surface area contributed by atoms with Crippen molar-refractivity contribution in [3.8, 4) is 0 Å². The molecule has 1 fully saturated rings. The normalized spacial score (nSPS) is 19.7. The molecule has 1 unspecified atom stereocenters. The number of rotatable bonds is 7. The van der Waals surface area contributed by atoms with Crippen molar-refractivity contribution in [1.29, 1.82) is 0 Å². The van der Waals surface area contributed by atoms with Crippen LogP contribution in [0.25, 0.3) is 0 Å². The number of fused-ring (bicyclic) bond motifs is 1. The SMILES string of the molecule is CC(=O)OCOC(=O)c1ccccc1CC(=O)NC1C(=O)N2C(C(=O)O)=CCS[C@H]12. The van der Waals surface area contributed by atoms with Gasteiger partial charge in [0.2, 0.25) is 12.7 Å². The molecule has 2 heterocycles. The summed E-state index contributed by atoms with van der Waals surface area (Å²) in [4.78, 5) is 60.2. The molecular formula is C19H18N2O8S. The van der Waals surface area contributed by atoms with Crippen LogP contribution in [0, 0.1) is 0 Å². The summed E-state index contributed by atoms with van der Waals surface area (Å²) in [5.41, 5.74) is 0.411. The fourth-order valence-electron chi connectivity index (χ4n) is 3.05. The zero-order valence-electron chi connectivity index (χ0n) is 15.8. The van der Waals surface area contributed by atoms with Gasteiger partial charge in [-0.3, -0.25) is 19.3 Å². The van der Waals surface area contributed by atoms with Crippen molar-refractivity contribution in [2.45, 2.75) is 24.8 Å². The largest absolute Gasteiger partial charge is 0.477 e. The van der Waals surface area contributed by atoms with Crippen LogP contribution < -0.4 is 5.32 Å². The molecule has 1 aromatic rings. The highest BCUT2D eigenvalue weighted by Crippen LogP contribution is 2.37. The minimum atomic E-state index is -1.19. The molecule has 1 aromatic carbocycles. The Morgan fingerprint density at radius 2 is 1.97 bits per heavy atom. The highest BCUT2D eigenvalue weighted by atomic mass is 32.2. The van der Waals surface area contributed by atoms with Crippen LogP contribution in [0.2, 0.25) is 0 Å². The number of ether oxygens (including phenoxy) is 2. The number of carbonyl (C=O) groups excluding carboxylic acids is 4. The topological polar surface area (TPSA) is 139 Å². The van der Waals surface area contributed by atoms with Gasteiger partial charge in [0.25, 0.3) is 5.91 Å². The van der Waals surface area contributed by atoms with Crippen LogP contribution in [0.5, 0.6) is 0 Å². The first kappa shape index (κ1) is 21.4. The van der Waals surface area contributed by atoms with Gasteiger partial charge in [-0.2, -0.15) is 0 Å². The Morgan fingerprint density at radius 3 is 2.67 bits per heavy atom. The van der Waals surface area contributed by atoms with Crippen LogP contribution in [0.1, 0.15) is 22.8 Å². The Kier molecular flexibility index (Phi) is 6.40. The summed E-state index contributed by atoms with van der Waals surface area (Å²) < 4.78 is 9.42. The van der Waals surface area contributed by atoms with E-state index in [0.717, 1.165) is 4.90 Å². The number of hydrogen-bond donors (Lipinski definition) is 2. The summed E-state index contributed by atoms with van der Waals surface area (Å²) in [5.74, 6) is -3.14. The van der Waals surface area contributed by atoms with E-state index in [9.17, 15) is 29.1 Å². The quantitative estimate of drug-likeness (QED) is 0.352. The van der Waals surface area contributed by atoms with E-state index in [1.54, 1.807) is 18.2 Å². The predicted molar refractivity (Wildman–Crippen MR) is 103 cm³/mol. The number of hydrogen-bond acceptors (Lipinski definition) is 8. The van der Waals surface area contributed by atoms with Gasteiger partial charge in [0.15, 0.2) is 0 Å². The summed E-state index contributed by atoms with van der Waals surface area (Å²) in [7, 11) is 0. The fourth-order valence-corrected chi connectivity index (χ4v) is 4.25.